The molecule has 0 saturated carbocycles. The lowest BCUT2D eigenvalue weighted by Crippen LogP contribution is -2.27. The number of carboxylic acids is 1. The predicted octanol–water partition coefficient (Wildman–Crippen LogP) is 2.17. The van der Waals surface area contributed by atoms with Crippen LogP contribution in [0.25, 0.3) is 0 Å². The van der Waals surface area contributed by atoms with E-state index in [1.807, 2.05) is 30.2 Å². The SMILES string of the molecule is Cc1csc(Nc2cc([C@H]3CCN(CC(=O)O)C3)nc(C)n2)n1. The smallest absolute Gasteiger partial charge is 0.317 e. The minimum absolute atomic E-state index is 0.0874. The number of nitrogens with zero attached hydrogens (tertiary/aromatic N) is 4. The maximum Gasteiger partial charge on any atom is 0.317 e. The number of thiazole rings is 1. The summed E-state index contributed by atoms with van der Waals surface area (Å²) in [5, 5.41) is 14.9. The van der Waals surface area contributed by atoms with Gasteiger partial charge in [-0.25, -0.2) is 15.0 Å². The van der Waals surface area contributed by atoms with Crippen molar-refractivity contribution in [2.24, 2.45) is 0 Å². The Balaban J connectivity index is 1.74. The first-order valence-corrected chi connectivity index (χ1v) is 8.36. The van der Waals surface area contributed by atoms with Crippen molar-refractivity contribution < 1.29 is 9.90 Å². The van der Waals surface area contributed by atoms with E-state index in [2.05, 4.69) is 20.3 Å². The monoisotopic (exact) mass is 333 g/mol. The van der Waals surface area contributed by atoms with Crippen molar-refractivity contribution >= 4 is 28.3 Å². The Labute approximate surface area is 138 Å². The lowest BCUT2D eigenvalue weighted by molar-refractivity contribution is -0.138. The largest absolute Gasteiger partial charge is 0.480 e. The van der Waals surface area contributed by atoms with E-state index in [1.54, 1.807) is 0 Å². The van der Waals surface area contributed by atoms with E-state index in [0.29, 0.717) is 5.82 Å². The zero-order valence-corrected chi connectivity index (χ0v) is 13.9. The summed E-state index contributed by atoms with van der Waals surface area (Å²) in [7, 11) is 0. The Morgan fingerprint density at radius 3 is 2.96 bits per heavy atom. The second-order valence-electron chi connectivity index (χ2n) is 5.76. The molecule has 7 nitrogen and oxygen atoms in total. The molecule has 1 aliphatic heterocycles. The molecule has 0 radical (unpaired) electrons. The van der Waals surface area contributed by atoms with E-state index < -0.39 is 5.97 Å². The molecule has 8 heteroatoms. The molecule has 0 bridgehead atoms. The number of aryl methyl sites for hydroxylation is 2. The molecule has 1 atom stereocenters. The Kier molecular flexibility index (Phi) is 4.53. The number of hydrogen-bond acceptors (Lipinski definition) is 7. The first-order valence-electron chi connectivity index (χ1n) is 7.48. The maximum absolute atomic E-state index is 10.8. The van der Waals surface area contributed by atoms with E-state index in [1.165, 1.54) is 11.3 Å². The molecule has 0 spiro atoms. The minimum atomic E-state index is -0.786. The molecule has 1 aliphatic rings. The Morgan fingerprint density at radius 1 is 1.43 bits per heavy atom. The van der Waals surface area contributed by atoms with Gasteiger partial charge in [-0.15, -0.1) is 11.3 Å². The first kappa shape index (κ1) is 15.8. The van der Waals surface area contributed by atoms with Crippen LogP contribution in [0.1, 0.15) is 29.6 Å². The highest BCUT2D eigenvalue weighted by atomic mass is 32.1. The second-order valence-corrected chi connectivity index (χ2v) is 6.62. The molecule has 3 rings (SSSR count). The van der Waals surface area contributed by atoms with Gasteiger partial charge in [0, 0.05) is 23.9 Å². The summed E-state index contributed by atoms with van der Waals surface area (Å²) < 4.78 is 0. The van der Waals surface area contributed by atoms with Crippen molar-refractivity contribution in [1.29, 1.82) is 0 Å². The summed E-state index contributed by atoms with van der Waals surface area (Å²) in [5.41, 5.74) is 1.93. The van der Waals surface area contributed by atoms with Crippen LogP contribution in [0, 0.1) is 13.8 Å². The van der Waals surface area contributed by atoms with Crippen LogP contribution < -0.4 is 5.32 Å². The third-order valence-corrected chi connectivity index (χ3v) is 4.64. The highest BCUT2D eigenvalue weighted by Crippen LogP contribution is 2.28. The number of rotatable bonds is 5. The van der Waals surface area contributed by atoms with Gasteiger partial charge in [-0.2, -0.15) is 0 Å². The van der Waals surface area contributed by atoms with E-state index >= 15 is 0 Å². The van der Waals surface area contributed by atoms with Crippen LogP contribution in [-0.2, 0) is 4.79 Å². The van der Waals surface area contributed by atoms with Crippen molar-refractivity contribution in [1.82, 2.24) is 19.9 Å². The van der Waals surface area contributed by atoms with Gasteiger partial charge in [-0.05, 0) is 26.8 Å². The van der Waals surface area contributed by atoms with Crippen LogP contribution in [0.4, 0.5) is 10.9 Å². The molecule has 23 heavy (non-hydrogen) atoms. The quantitative estimate of drug-likeness (QED) is 0.866. The molecule has 3 heterocycles. The summed E-state index contributed by atoms with van der Waals surface area (Å²) >= 11 is 1.54. The van der Waals surface area contributed by atoms with Crippen LogP contribution >= 0.6 is 11.3 Å². The van der Waals surface area contributed by atoms with Crippen LogP contribution in [0.5, 0.6) is 0 Å². The molecule has 1 saturated heterocycles. The van der Waals surface area contributed by atoms with Gasteiger partial charge in [0.25, 0.3) is 0 Å². The summed E-state index contributed by atoms with van der Waals surface area (Å²) in [6.45, 7) is 5.41. The second kappa shape index (κ2) is 6.59. The average molecular weight is 333 g/mol. The van der Waals surface area contributed by atoms with Crippen LogP contribution in [0.2, 0.25) is 0 Å². The molecule has 2 aromatic heterocycles. The zero-order chi connectivity index (χ0) is 16.4. The van der Waals surface area contributed by atoms with Crippen LogP contribution in [-0.4, -0.2) is 50.6 Å². The first-order chi connectivity index (χ1) is 11.0. The molecule has 0 aliphatic carbocycles. The van der Waals surface area contributed by atoms with Gasteiger partial charge < -0.3 is 10.4 Å². The van der Waals surface area contributed by atoms with Crippen molar-refractivity contribution in [3.05, 3.63) is 28.7 Å². The molecular formula is C15H19N5O2S. The molecule has 122 valence electrons. The molecule has 2 N–H and O–H groups in total. The number of likely N-dealkylation sites (tertiary alicyclic amines) is 1. The van der Waals surface area contributed by atoms with Gasteiger partial charge >= 0.3 is 5.97 Å². The van der Waals surface area contributed by atoms with E-state index in [-0.39, 0.29) is 12.5 Å². The zero-order valence-electron chi connectivity index (χ0n) is 13.1. The van der Waals surface area contributed by atoms with Crippen molar-refractivity contribution in [3.8, 4) is 0 Å². The fraction of sp³-hybridized carbons (Fsp3) is 0.467. The van der Waals surface area contributed by atoms with Gasteiger partial charge in [-0.1, -0.05) is 0 Å². The summed E-state index contributed by atoms with van der Waals surface area (Å²) in [4.78, 5) is 26.1. The number of aromatic nitrogens is 3. The van der Waals surface area contributed by atoms with Crippen molar-refractivity contribution in [2.45, 2.75) is 26.2 Å². The Morgan fingerprint density at radius 2 is 2.26 bits per heavy atom. The van der Waals surface area contributed by atoms with E-state index in [0.717, 1.165) is 41.8 Å². The minimum Gasteiger partial charge on any atom is -0.480 e. The van der Waals surface area contributed by atoms with E-state index in [9.17, 15) is 4.79 Å². The fourth-order valence-electron chi connectivity index (χ4n) is 2.79. The number of carbonyl (C=O) groups is 1. The molecule has 1 fully saturated rings. The molecule has 0 unspecified atom stereocenters. The third kappa shape index (κ3) is 4.02. The number of nitrogens with one attached hydrogen (secondary N) is 1. The van der Waals surface area contributed by atoms with E-state index in [4.69, 9.17) is 5.11 Å². The van der Waals surface area contributed by atoms with Gasteiger partial charge in [0.2, 0.25) is 0 Å². The topological polar surface area (TPSA) is 91.2 Å². The Hall–Kier alpha value is -2.06. The number of aliphatic carboxylic acids is 1. The molecule has 0 amide bonds. The molecular weight excluding hydrogens is 314 g/mol. The van der Waals surface area contributed by atoms with Gasteiger partial charge in [-0.3, -0.25) is 9.69 Å². The maximum atomic E-state index is 10.8. The Bertz CT molecular complexity index is 718. The highest BCUT2D eigenvalue weighted by molar-refractivity contribution is 7.13. The normalized spacial score (nSPS) is 18.3. The molecule has 0 aromatic carbocycles. The summed E-state index contributed by atoms with van der Waals surface area (Å²) in [5.74, 6) is 0.897. The van der Waals surface area contributed by atoms with Crippen molar-refractivity contribution in [3.63, 3.8) is 0 Å². The standard InChI is InChI=1S/C15H19N5O2S/c1-9-8-23-15(16-9)19-13-5-12(17-10(2)18-13)11-3-4-20(6-11)7-14(21)22/h5,8,11H,3-4,6-7H2,1-2H3,(H,21,22)(H,16,17,18,19)/t11-/m0/s1. The fourth-order valence-corrected chi connectivity index (χ4v) is 3.49. The van der Waals surface area contributed by atoms with Crippen LogP contribution in [0.15, 0.2) is 11.4 Å². The van der Waals surface area contributed by atoms with Gasteiger partial charge in [0.1, 0.15) is 11.6 Å². The van der Waals surface area contributed by atoms with Gasteiger partial charge in [0.05, 0.1) is 17.9 Å². The number of hydrogen-bond donors (Lipinski definition) is 2. The van der Waals surface area contributed by atoms with Gasteiger partial charge in [0.15, 0.2) is 5.13 Å². The number of anilines is 2. The lowest BCUT2D eigenvalue weighted by atomic mass is 10.0. The summed E-state index contributed by atoms with van der Waals surface area (Å²) in [6, 6.07) is 1.94. The highest BCUT2D eigenvalue weighted by Gasteiger charge is 2.26. The van der Waals surface area contributed by atoms with Crippen LogP contribution in [0.3, 0.4) is 0 Å². The lowest BCUT2D eigenvalue weighted by Gasteiger charge is -2.14. The number of carboxylic acid groups (broad SMARTS) is 1. The molecule has 2 aromatic rings. The predicted molar refractivity (Wildman–Crippen MR) is 88.3 cm³/mol. The third-order valence-electron chi connectivity index (χ3n) is 3.76. The van der Waals surface area contributed by atoms with Crippen molar-refractivity contribution in [2.75, 3.05) is 25.0 Å². The summed E-state index contributed by atoms with van der Waals surface area (Å²) in [6.07, 6.45) is 0.916. The average Bonchev–Trinajstić information content (AvgIpc) is 3.07.